The second kappa shape index (κ2) is 7.46. The van der Waals surface area contributed by atoms with Crippen molar-refractivity contribution in [2.75, 3.05) is 0 Å². The Balaban J connectivity index is 2.33. The quantitative estimate of drug-likeness (QED) is 0.660. The number of hydrogen-bond donors (Lipinski definition) is 1. The largest absolute Gasteiger partial charge is 0.474 e. The Morgan fingerprint density at radius 2 is 1.92 bits per heavy atom. The Kier molecular flexibility index (Phi) is 5.53. The molecule has 0 radical (unpaired) electrons. The summed E-state index contributed by atoms with van der Waals surface area (Å²) in [6.45, 7) is 0.983. The zero-order chi connectivity index (χ0) is 19.5. The lowest BCUT2D eigenvalue weighted by molar-refractivity contribution is -0.157. The van der Waals surface area contributed by atoms with Crippen molar-refractivity contribution in [1.29, 1.82) is 0 Å². The Morgan fingerprint density at radius 3 is 2.42 bits per heavy atom. The maximum Gasteiger partial charge on any atom is 0.433 e. The number of aliphatic carboxylic acids is 1. The van der Waals surface area contributed by atoms with Crippen LogP contribution < -0.4 is 0 Å². The highest BCUT2D eigenvalue weighted by atomic mass is 19.4. The first kappa shape index (κ1) is 19.3. The third-order valence-corrected chi connectivity index (χ3v) is 3.56. The smallest absolute Gasteiger partial charge is 0.433 e. The third-order valence-electron chi connectivity index (χ3n) is 3.56. The molecule has 0 aliphatic rings. The molecule has 0 bridgehead atoms. The number of alkyl halides is 3. The van der Waals surface area contributed by atoms with Crippen LogP contribution in [-0.2, 0) is 22.3 Å². The van der Waals surface area contributed by atoms with Gasteiger partial charge in [0.25, 0.3) is 0 Å². The molecule has 0 saturated heterocycles. The molecule has 1 unspecified atom stereocenters. The van der Waals surface area contributed by atoms with Crippen LogP contribution in [0.3, 0.4) is 0 Å². The number of rotatable bonds is 4. The predicted molar refractivity (Wildman–Crippen MR) is 80.0 cm³/mol. The molecule has 2 aromatic heterocycles. The zero-order valence-electron chi connectivity index (χ0n) is 13.4. The Morgan fingerprint density at radius 1 is 1.23 bits per heavy atom. The number of carbonyl (C=O) groups is 2. The first-order valence-electron chi connectivity index (χ1n) is 7.27. The summed E-state index contributed by atoms with van der Waals surface area (Å²) in [6.07, 6.45) is -2.47. The molecular weight excluding hydrogens is 358 g/mol. The number of halogens is 4. The molecule has 2 aromatic rings. The van der Waals surface area contributed by atoms with E-state index in [4.69, 9.17) is 5.11 Å². The molecule has 138 valence electrons. The molecule has 0 fully saturated rings. The van der Waals surface area contributed by atoms with E-state index in [9.17, 15) is 27.2 Å². The van der Waals surface area contributed by atoms with Gasteiger partial charge in [-0.1, -0.05) is 6.07 Å². The number of carboxylic acids is 1. The first-order valence-corrected chi connectivity index (χ1v) is 7.27. The Bertz CT molecular complexity index is 809. The molecule has 2 rings (SSSR count). The molecule has 0 spiro atoms. The zero-order valence-corrected chi connectivity index (χ0v) is 13.4. The van der Waals surface area contributed by atoms with Crippen LogP contribution >= 0.6 is 0 Å². The summed E-state index contributed by atoms with van der Waals surface area (Å²) >= 11 is 0. The molecule has 10 heteroatoms. The van der Waals surface area contributed by atoms with Gasteiger partial charge in [-0.25, -0.2) is 9.18 Å². The summed E-state index contributed by atoms with van der Waals surface area (Å²) in [7, 11) is 0. The minimum Gasteiger partial charge on any atom is -0.474 e. The Hall–Kier alpha value is -3.04. The minimum absolute atomic E-state index is 0.149. The van der Waals surface area contributed by atoms with Crippen LogP contribution in [-0.4, -0.2) is 31.9 Å². The number of hydrogen-bond acceptors (Lipinski definition) is 4. The molecule has 0 aliphatic carbocycles. The van der Waals surface area contributed by atoms with Crippen molar-refractivity contribution < 1.29 is 32.3 Å². The highest BCUT2D eigenvalue weighted by molar-refractivity contribution is 6.31. The second-order valence-electron chi connectivity index (χ2n) is 5.33. The summed E-state index contributed by atoms with van der Waals surface area (Å²) in [4.78, 5) is 30.9. The van der Waals surface area contributed by atoms with Crippen molar-refractivity contribution in [2.24, 2.45) is 0 Å². The summed E-state index contributed by atoms with van der Waals surface area (Å²) in [5, 5.41) is 8.98. The predicted octanol–water partition coefficient (Wildman–Crippen LogP) is 2.81. The van der Waals surface area contributed by atoms with E-state index in [-0.39, 0.29) is 17.8 Å². The number of carbonyl (C=O) groups excluding carboxylic acids is 1. The average molecular weight is 371 g/mol. The summed E-state index contributed by atoms with van der Waals surface area (Å²) in [5.41, 5.74) is -1.14. The first-order chi connectivity index (χ1) is 12.1. The van der Waals surface area contributed by atoms with Gasteiger partial charge >= 0.3 is 18.1 Å². The molecule has 1 amide bonds. The van der Waals surface area contributed by atoms with Gasteiger partial charge in [-0.2, -0.15) is 13.2 Å². The maximum atomic E-state index is 13.9. The van der Waals surface area contributed by atoms with Gasteiger partial charge in [-0.05, 0) is 30.7 Å². The Labute approximate surface area is 145 Å². The fraction of sp³-hybridized carbons (Fsp3) is 0.250. The van der Waals surface area contributed by atoms with Crippen LogP contribution in [0.5, 0.6) is 0 Å². The number of pyridine rings is 2. The van der Waals surface area contributed by atoms with Gasteiger partial charge in [0.05, 0.1) is 11.7 Å². The third kappa shape index (κ3) is 4.32. The normalized spacial score (nSPS) is 12.5. The van der Waals surface area contributed by atoms with E-state index in [1.165, 1.54) is 19.2 Å². The fourth-order valence-electron chi connectivity index (χ4n) is 2.24. The number of aromatic nitrogens is 2. The molecule has 2 heterocycles. The van der Waals surface area contributed by atoms with Crippen LogP contribution in [0.15, 0.2) is 36.7 Å². The summed E-state index contributed by atoms with van der Waals surface area (Å²) in [5.74, 6) is -3.87. The van der Waals surface area contributed by atoms with E-state index < -0.39 is 35.6 Å². The van der Waals surface area contributed by atoms with Crippen LogP contribution in [0.2, 0.25) is 0 Å². The van der Waals surface area contributed by atoms with Crippen LogP contribution in [0.25, 0.3) is 0 Å². The van der Waals surface area contributed by atoms with E-state index in [1.807, 2.05) is 0 Å². The van der Waals surface area contributed by atoms with Gasteiger partial charge in [-0.15, -0.1) is 0 Å². The van der Waals surface area contributed by atoms with Crippen molar-refractivity contribution in [3.63, 3.8) is 0 Å². The van der Waals surface area contributed by atoms with Crippen molar-refractivity contribution in [2.45, 2.75) is 25.7 Å². The molecule has 0 aliphatic heterocycles. The fourth-order valence-corrected chi connectivity index (χ4v) is 2.24. The van der Waals surface area contributed by atoms with Gasteiger partial charge in [0.15, 0.2) is 0 Å². The lowest BCUT2D eigenvalue weighted by Gasteiger charge is -2.27. The van der Waals surface area contributed by atoms with E-state index in [0.717, 1.165) is 23.2 Å². The van der Waals surface area contributed by atoms with Crippen molar-refractivity contribution in [1.82, 2.24) is 14.9 Å². The van der Waals surface area contributed by atoms with Gasteiger partial charge < -0.3 is 10.0 Å². The highest BCUT2D eigenvalue weighted by Gasteiger charge is 2.33. The number of amides is 1. The van der Waals surface area contributed by atoms with Gasteiger partial charge in [0, 0.05) is 18.9 Å². The van der Waals surface area contributed by atoms with Crippen molar-refractivity contribution in [3.05, 3.63) is 59.4 Å². The van der Waals surface area contributed by atoms with E-state index >= 15 is 0 Å². The summed E-state index contributed by atoms with van der Waals surface area (Å²) < 4.78 is 51.6. The molecule has 0 aromatic carbocycles. The summed E-state index contributed by atoms with van der Waals surface area (Å²) in [6, 6.07) is 3.14. The van der Waals surface area contributed by atoms with Gasteiger partial charge in [0.1, 0.15) is 11.5 Å². The minimum atomic E-state index is -4.63. The molecule has 0 saturated carbocycles. The second-order valence-corrected chi connectivity index (χ2v) is 5.33. The SMILES string of the molecule is CC(c1ncccc1F)N(Cc1ccc(C(F)(F)F)nc1)C(=O)C(=O)O. The van der Waals surface area contributed by atoms with Crippen LogP contribution in [0.4, 0.5) is 17.6 Å². The van der Waals surface area contributed by atoms with E-state index in [1.54, 1.807) is 0 Å². The topological polar surface area (TPSA) is 83.4 Å². The molecule has 26 heavy (non-hydrogen) atoms. The van der Waals surface area contributed by atoms with Gasteiger partial charge in [0.2, 0.25) is 0 Å². The standard InChI is InChI=1S/C16H13F4N3O3/c1-9(13-11(17)3-2-6-21-13)23(14(24)15(25)26)8-10-4-5-12(22-7-10)16(18,19)20/h2-7,9H,8H2,1H3,(H,25,26). The molecular formula is C16H13F4N3O3. The molecule has 1 N–H and O–H groups in total. The van der Waals surface area contributed by atoms with Crippen molar-refractivity contribution in [3.8, 4) is 0 Å². The molecule has 1 atom stereocenters. The highest BCUT2D eigenvalue weighted by Crippen LogP contribution is 2.28. The van der Waals surface area contributed by atoms with Crippen LogP contribution in [0, 0.1) is 5.82 Å². The number of carboxylic acid groups (broad SMARTS) is 1. The van der Waals surface area contributed by atoms with Gasteiger partial charge in [-0.3, -0.25) is 14.8 Å². The van der Waals surface area contributed by atoms with E-state index in [2.05, 4.69) is 9.97 Å². The average Bonchev–Trinajstić information content (AvgIpc) is 2.58. The lowest BCUT2D eigenvalue weighted by atomic mass is 10.1. The van der Waals surface area contributed by atoms with Crippen molar-refractivity contribution >= 4 is 11.9 Å². The van der Waals surface area contributed by atoms with Crippen LogP contribution in [0.1, 0.15) is 29.9 Å². The lowest BCUT2D eigenvalue weighted by Crippen LogP contribution is -2.38. The van der Waals surface area contributed by atoms with E-state index in [0.29, 0.717) is 6.07 Å². The molecule has 6 nitrogen and oxygen atoms in total. The monoisotopic (exact) mass is 371 g/mol. The maximum absolute atomic E-state index is 13.9. The number of nitrogens with zero attached hydrogens (tertiary/aromatic N) is 3.